The minimum absolute atomic E-state index is 0.0802. The van der Waals surface area contributed by atoms with Crippen LogP contribution in [-0.4, -0.2) is 28.1 Å². The second-order valence-electron chi connectivity index (χ2n) is 6.45. The van der Waals surface area contributed by atoms with Gasteiger partial charge in [0.1, 0.15) is 6.10 Å². The van der Waals surface area contributed by atoms with Crippen LogP contribution in [0.25, 0.3) is 0 Å². The smallest absolute Gasteiger partial charge is 0.416 e. The molecule has 0 unspecified atom stereocenters. The Morgan fingerprint density at radius 1 is 1.04 bits per heavy atom. The lowest BCUT2D eigenvalue weighted by Gasteiger charge is -2.28. The van der Waals surface area contributed by atoms with E-state index in [9.17, 15) is 22.4 Å². The minimum Gasteiger partial charge on any atom is -0.460 e. The maximum absolute atomic E-state index is 12.8. The molecule has 0 atom stereocenters. The zero-order valence-electron chi connectivity index (χ0n) is 14.7. The fourth-order valence-corrected chi connectivity index (χ4v) is 2.93. The Morgan fingerprint density at radius 2 is 1.64 bits per heavy atom. The van der Waals surface area contributed by atoms with Crippen LogP contribution in [-0.2, 0) is 6.18 Å². The monoisotopic (exact) mass is 398 g/mol. The van der Waals surface area contributed by atoms with E-state index in [2.05, 4.69) is 20.6 Å². The lowest BCUT2D eigenvalue weighted by molar-refractivity contribution is -0.137. The first-order chi connectivity index (χ1) is 13.3. The molecule has 2 amide bonds. The number of halogens is 4. The minimum atomic E-state index is -4.42. The quantitative estimate of drug-likeness (QED) is 0.759. The Hall–Kier alpha value is -2.91. The molecule has 0 aliphatic heterocycles. The summed E-state index contributed by atoms with van der Waals surface area (Å²) in [5.74, 6) is -0.542. The fourth-order valence-electron chi connectivity index (χ4n) is 2.93. The zero-order chi connectivity index (χ0) is 20.1. The van der Waals surface area contributed by atoms with Gasteiger partial charge in [-0.3, -0.25) is 0 Å². The van der Waals surface area contributed by atoms with Gasteiger partial charge in [-0.05, 0) is 49.9 Å². The number of nitrogens with zero attached hydrogens (tertiary/aromatic N) is 2. The van der Waals surface area contributed by atoms with Crippen molar-refractivity contribution in [3.05, 3.63) is 48.0 Å². The summed E-state index contributed by atoms with van der Waals surface area (Å²) in [7, 11) is 0. The summed E-state index contributed by atoms with van der Waals surface area (Å²) in [4.78, 5) is 19.5. The molecule has 6 nitrogen and oxygen atoms in total. The molecule has 1 aromatic heterocycles. The average molecular weight is 398 g/mol. The predicted molar refractivity (Wildman–Crippen MR) is 92.3 cm³/mol. The Bertz CT molecular complexity index is 789. The van der Waals surface area contributed by atoms with Gasteiger partial charge in [0, 0.05) is 11.7 Å². The molecule has 0 bridgehead atoms. The molecule has 1 aliphatic rings. The van der Waals surface area contributed by atoms with Crippen LogP contribution in [0.4, 0.5) is 28.0 Å². The number of ether oxygens (including phenoxy) is 1. The number of hydrogen-bond donors (Lipinski definition) is 2. The SMILES string of the molecule is O=C(Nc1ccc(C(F)(F)F)cc1)NC1CCC(Oc2ncc(F)cn2)CC1. The Balaban J connectivity index is 1.42. The van der Waals surface area contributed by atoms with Crippen molar-refractivity contribution in [3.63, 3.8) is 0 Å². The van der Waals surface area contributed by atoms with Gasteiger partial charge in [-0.2, -0.15) is 13.2 Å². The van der Waals surface area contributed by atoms with Crippen LogP contribution in [0.2, 0.25) is 0 Å². The van der Waals surface area contributed by atoms with Crippen molar-refractivity contribution in [2.24, 2.45) is 0 Å². The van der Waals surface area contributed by atoms with Crippen LogP contribution < -0.4 is 15.4 Å². The molecule has 150 valence electrons. The van der Waals surface area contributed by atoms with E-state index >= 15 is 0 Å². The van der Waals surface area contributed by atoms with Crippen LogP contribution in [0, 0.1) is 5.82 Å². The summed E-state index contributed by atoms with van der Waals surface area (Å²) >= 11 is 0. The third kappa shape index (κ3) is 5.54. The number of nitrogens with one attached hydrogen (secondary N) is 2. The van der Waals surface area contributed by atoms with Crippen molar-refractivity contribution < 1.29 is 27.1 Å². The van der Waals surface area contributed by atoms with E-state index in [1.54, 1.807) is 0 Å². The van der Waals surface area contributed by atoms with Gasteiger partial charge in [-0.25, -0.2) is 19.2 Å². The number of rotatable bonds is 4. The lowest BCUT2D eigenvalue weighted by atomic mass is 9.93. The van der Waals surface area contributed by atoms with Crippen LogP contribution >= 0.6 is 0 Å². The summed E-state index contributed by atoms with van der Waals surface area (Å²) in [6, 6.07) is 3.78. The molecule has 0 radical (unpaired) electrons. The molecule has 3 rings (SSSR count). The largest absolute Gasteiger partial charge is 0.460 e. The van der Waals surface area contributed by atoms with E-state index in [4.69, 9.17) is 4.74 Å². The van der Waals surface area contributed by atoms with Gasteiger partial charge >= 0.3 is 18.2 Å². The van der Waals surface area contributed by atoms with Crippen molar-refractivity contribution in [2.75, 3.05) is 5.32 Å². The summed E-state index contributed by atoms with van der Waals surface area (Å²) in [5.41, 5.74) is -0.502. The molecule has 10 heteroatoms. The van der Waals surface area contributed by atoms with E-state index in [1.165, 1.54) is 12.1 Å². The fraction of sp³-hybridized carbons (Fsp3) is 0.389. The van der Waals surface area contributed by atoms with Gasteiger partial charge in [0.2, 0.25) is 0 Å². The second kappa shape index (κ2) is 8.41. The average Bonchev–Trinajstić information content (AvgIpc) is 2.65. The van der Waals surface area contributed by atoms with Gasteiger partial charge in [0.15, 0.2) is 5.82 Å². The molecule has 0 spiro atoms. The Labute approximate surface area is 158 Å². The molecule has 0 saturated heterocycles. The zero-order valence-corrected chi connectivity index (χ0v) is 14.7. The van der Waals surface area contributed by atoms with Gasteiger partial charge in [0.25, 0.3) is 0 Å². The molecule has 1 aliphatic carbocycles. The molecule has 1 heterocycles. The Kier molecular flexibility index (Phi) is 5.96. The number of hydrogen-bond acceptors (Lipinski definition) is 4. The Morgan fingerprint density at radius 3 is 2.21 bits per heavy atom. The number of carbonyl (C=O) groups is 1. The van der Waals surface area contributed by atoms with Crippen molar-refractivity contribution in [1.82, 2.24) is 15.3 Å². The molecule has 28 heavy (non-hydrogen) atoms. The number of urea groups is 1. The molecular formula is C18H18F4N4O2. The topological polar surface area (TPSA) is 76.1 Å². The molecule has 2 N–H and O–H groups in total. The van der Waals surface area contributed by atoms with Gasteiger partial charge in [-0.15, -0.1) is 0 Å². The first kappa shape index (κ1) is 19.8. The normalized spacial score (nSPS) is 19.7. The number of benzene rings is 1. The van der Waals surface area contributed by atoms with Crippen LogP contribution in [0.5, 0.6) is 6.01 Å². The second-order valence-corrected chi connectivity index (χ2v) is 6.45. The van der Waals surface area contributed by atoms with Crippen molar-refractivity contribution in [3.8, 4) is 6.01 Å². The maximum Gasteiger partial charge on any atom is 0.416 e. The van der Waals surface area contributed by atoms with Crippen LogP contribution in [0.15, 0.2) is 36.7 Å². The predicted octanol–water partition coefficient (Wildman–Crippen LogP) is 4.15. The third-order valence-electron chi connectivity index (χ3n) is 4.35. The summed E-state index contributed by atoms with van der Waals surface area (Å²) in [6.07, 6.45) is 0.153. The van der Waals surface area contributed by atoms with E-state index in [1.807, 2.05) is 0 Å². The van der Waals surface area contributed by atoms with E-state index < -0.39 is 23.6 Å². The van der Waals surface area contributed by atoms with Crippen molar-refractivity contribution in [2.45, 2.75) is 44.0 Å². The summed E-state index contributed by atoms with van der Waals surface area (Å²) < 4.78 is 56.0. The van der Waals surface area contributed by atoms with E-state index in [0.29, 0.717) is 25.7 Å². The standard InChI is InChI=1S/C18H18F4N4O2/c19-12-9-23-17(24-10-12)28-15-7-5-14(6-8-15)26-16(27)25-13-3-1-11(2-4-13)18(20,21)22/h1-4,9-10,14-15H,5-8H2,(H2,25,26,27). The van der Waals surface area contributed by atoms with Crippen molar-refractivity contribution in [1.29, 1.82) is 0 Å². The molecule has 1 fully saturated rings. The number of alkyl halides is 3. The van der Waals surface area contributed by atoms with Gasteiger partial charge < -0.3 is 15.4 Å². The highest BCUT2D eigenvalue weighted by Gasteiger charge is 2.30. The summed E-state index contributed by atoms with van der Waals surface area (Å²) in [5, 5.41) is 5.32. The number of anilines is 1. The molecule has 1 aromatic carbocycles. The highest BCUT2D eigenvalue weighted by atomic mass is 19.4. The van der Waals surface area contributed by atoms with Crippen LogP contribution in [0.3, 0.4) is 0 Å². The summed E-state index contributed by atoms with van der Waals surface area (Å²) in [6.45, 7) is 0. The first-order valence-electron chi connectivity index (χ1n) is 8.68. The number of carbonyl (C=O) groups excluding carboxylic acids is 1. The maximum atomic E-state index is 12.8. The first-order valence-corrected chi connectivity index (χ1v) is 8.68. The van der Waals surface area contributed by atoms with Crippen molar-refractivity contribution >= 4 is 11.7 Å². The highest BCUT2D eigenvalue weighted by Crippen LogP contribution is 2.29. The highest BCUT2D eigenvalue weighted by molar-refractivity contribution is 5.89. The number of amides is 2. The third-order valence-corrected chi connectivity index (χ3v) is 4.35. The molecule has 1 saturated carbocycles. The number of aromatic nitrogens is 2. The lowest BCUT2D eigenvalue weighted by Crippen LogP contribution is -2.41. The van der Waals surface area contributed by atoms with E-state index in [0.717, 1.165) is 24.5 Å². The molecule has 2 aromatic rings. The van der Waals surface area contributed by atoms with E-state index in [-0.39, 0.29) is 23.8 Å². The molecular weight excluding hydrogens is 380 g/mol. The van der Waals surface area contributed by atoms with Gasteiger partial charge in [0.05, 0.1) is 18.0 Å². The van der Waals surface area contributed by atoms with Gasteiger partial charge in [-0.1, -0.05) is 0 Å². The van der Waals surface area contributed by atoms with Crippen LogP contribution in [0.1, 0.15) is 31.2 Å².